The maximum Gasteiger partial charge on any atom is 0.150 e. The molecule has 0 spiro atoms. The molecule has 0 bridgehead atoms. The summed E-state index contributed by atoms with van der Waals surface area (Å²) in [4.78, 5) is 10.5. The highest BCUT2D eigenvalue weighted by Crippen LogP contribution is 2.15. The smallest absolute Gasteiger partial charge is 0.150 e. The molecular formula is C17H27NO2. The number of carbonyl (C=O) groups is 1. The predicted octanol–water partition coefficient (Wildman–Crippen LogP) is 3.55. The lowest BCUT2D eigenvalue weighted by molar-refractivity contribution is 0.112. The molecule has 3 nitrogen and oxygen atoms in total. The van der Waals surface area contributed by atoms with Gasteiger partial charge in [-0.2, -0.15) is 0 Å². The Morgan fingerprint density at radius 1 is 1.00 bits per heavy atom. The van der Waals surface area contributed by atoms with Crippen molar-refractivity contribution in [2.45, 2.75) is 26.7 Å². The molecule has 0 atom stereocenters. The first-order valence-electron chi connectivity index (χ1n) is 7.15. The molecule has 1 fully saturated rings. The molecule has 112 valence electrons. The summed E-state index contributed by atoms with van der Waals surface area (Å²) in [5, 5.41) is 3.33. The molecule has 1 saturated heterocycles. The number of benzene rings is 1. The van der Waals surface area contributed by atoms with Crippen LogP contribution < -0.4 is 5.32 Å². The van der Waals surface area contributed by atoms with Gasteiger partial charge in [-0.25, -0.2) is 0 Å². The van der Waals surface area contributed by atoms with Gasteiger partial charge in [-0.3, -0.25) is 4.79 Å². The molecule has 0 aliphatic carbocycles. The van der Waals surface area contributed by atoms with Gasteiger partial charge in [0.15, 0.2) is 0 Å². The Morgan fingerprint density at radius 3 is 1.90 bits per heavy atom. The Morgan fingerprint density at radius 2 is 1.45 bits per heavy atom. The lowest BCUT2D eigenvalue weighted by atomic mass is 10.0. The minimum Gasteiger partial charge on any atom is -0.388 e. The molecule has 1 aromatic rings. The summed E-state index contributed by atoms with van der Waals surface area (Å²) in [6.45, 7) is 6.16. The highest BCUT2D eigenvalue weighted by Gasteiger charge is 2.03. The van der Waals surface area contributed by atoms with E-state index in [0.29, 0.717) is 0 Å². The summed E-state index contributed by atoms with van der Waals surface area (Å²) in [6, 6.07) is 7.72. The molecular weight excluding hydrogens is 250 g/mol. The zero-order valence-corrected chi connectivity index (χ0v) is 13.1. The highest BCUT2D eigenvalue weighted by molar-refractivity contribution is 5.75. The standard InChI is InChI=1S/C13H15NO.C2H6O.C2H6/c15-10-13-3-1-11(2-4-13)9-12-5-7-14-8-6-12;1-3-2;1-2/h1-4,9-10,14H,5-8H2;1-2H3;1-2H3. The summed E-state index contributed by atoms with van der Waals surface area (Å²) < 4.78 is 4.25. The van der Waals surface area contributed by atoms with Gasteiger partial charge in [0.25, 0.3) is 0 Å². The van der Waals surface area contributed by atoms with E-state index in [2.05, 4.69) is 16.1 Å². The molecule has 0 radical (unpaired) electrons. The van der Waals surface area contributed by atoms with E-state index in [-0.39, 0.29) is 0 Å². The number of methoxy groups -OCH3 is 1. The molecule has 1 heterocycles. The highest BCUT2D eigenvalue weighted by atomic mass is 16.4. The van der Waals surface area contributed by atoms with Crippen LogP contribution in [-0.2, 0) is 4.74 Å². The lowest BCUT2D eigenvalue weighted by Gasteiger charge is -2.15. The van der Waals surface area contributed by atoms with Crippen LogP contribution in [0.4, 0.5) is 0 Å². The van der Waals surface area contributed by atoms with Crippen molar-refractivity contribution >= 4 is 12.4 Å². The Balaban J connectivity index is 0.000000641. The van der Waals surface area contributed by atoms with Crippen molar-refractivity contribution in [2.75, 3.05) is 27.3 Å². The quantitative estimate of drug-likeness (QED) is 0.840. The SMILES string of the molecule is CC.COC.O=Cc1ccc(C=C2CCNCC2)cc1. The van der Waals surface area contributed by atoms with Crippen molar-refractivity contribution in [1.82, 2.24) is 5.32 Å². The molecule has 20 heavy (non-hydrogen) atoms. The normalized spacial score (nSPS) is 13.3. The summed E-state index contributed by atoms with van der Waals surface area (Å²) in [5.74, 6) is 0. The minimum atomic E-state index is 0.738. The second-order valence-corrected chi connectivity index (χ2v) is 4.25. The van der Waals surface area contributed by atoms with E-state index < -0.39 is 0 Å². The Kier molecular flexibility index (Phi) is 11.7. The fourth-order valence-electron chi connectivity index (χ4n) is 1.80. The number of rotatable bonds is 2. The van der Waals surface area contributed by atoms with Crippen molar-refractivity contribution in [1.29, 1.82) is 0 Å². The van der Waals surface area contributed by atoms with Crippen molar-refractivity contribution in [3.05, 3.63) is 41.0 Å². The topological polar surface area (TPSA) is 38.3 Å². The van der Waals surface area contributed by atoms with Crippen LogP contribution in [0.3, 0.4) is 0 Å². The van der Waals surface area contributed by atoms with Gasteiger partial charge in [0, 0.05) is 19.8 Å². The monoisotopic (exact) mass is 277 g/mol. The van der Waals surface area contributed by atoms with Crippen molar-refractivity contribution in [2.24, 2.45) is 0 Å². The zero-order chi connectivity index (χ0) is 15.2. The molecule has 1 aliphatic rings. The first-order chi connectivity index (χ1) is 9.80. The van der Waals surface area contributed by atoms with Crippen molar-refractivity contribution in [3.63, 3.8) is 0 Å². The largest absolute Gasteiger partial charge is 0.388 e. The maximum absolute atomic E-state index is 10.5. The van der Waals surface area contributed by atoms with Gasteiger partial charge in [-0.1, -0.05) is 49.8 Å². The number of aldehydes is 1. The van der Waals surface area contributed by atoms with E-state index in [1.165, 1.54) is 11.1 Å². The number of carbonyl (C=O) groups excluding carboxylic acids is 1. The van der Waals surface area contributed by atoms with E-state index in [9.17, 15) is 4.79 Å². The van der Waals surface area contributed by atoms with Crippen LogP contribution >= 0.6 is 0 Å². The van der Waals surface area contributed by atoms with Crippen LogP contribution in [0.2, 0.25) is 0 Å². The van der Waals surface area contributed by atoms with Crippen LogP contribution in [0.25, 0.3) is 6.08 Å². The lowest BCUT2D eigenvalue weighted by Crippen LogP contribution is -2.22. The Hall–Kier alpha value is -1.45. The van der Waals surface area contributed by atoms with Crippen LogP contribution in [0, 0.1) is 0 Å². The first-order valence-corrected chi connectivity index (χ1v) is 7.15. The summed E-state index contributed by atoms with van der Waals surface area (Å²) in [5.41, 5.74) is 3.42. The number of ether oxygens (including phenoxy) is 1. The van der Waals surface area contributed by atoms with E-state index in [0.717, 1.165) is 37.8 Å². The van der Waals surface area contributed by atoms with Crippen LogP contribution in [0.15, 0.2) is 29.8 Å². The Bertz CT molecular complexity index is 374. The molecule has 0 saturated carbocycles. The van der Waals surface area contributed by atoms with E-state index in [1.807, 2.05) is 38.1 Å². The second-order valence-electron chi connectivity index (χ2n) is 4.25. The molecule has 1 N–H and O–H groups in total. The molecule has 0 aromatic heterocycles. The maximum atomic E-state index is 10.5. The third-order valence-corrected chi connectivity index (χ3v) is 2.69. The van der Waals surface area contributed by atoms with Gasteiger partial charge in [-0.15, -0.1) is 0 Å². The fraction of sp³-hybridized carbons (Fsp3) is 0.471. The molecule has 0 unspecified atom stereocenters. The van der Waals surface area contributed by atoms with Crippen LogP contribution in [0.5, 0.6) is 0 Å². The van der Waals surface area contributed by atoms with Crippen LogP contribution in [0.1, 0.15) is 42.6 Å². The molecule has 0 amide bonds. The summed E-state index contributed by atoms with van der Waals surface area (Å²) in [6.07, 6.45) is 5.38. The average Bonchev–Trinajstić information content (AvgIpc) is 2.52. The van der Waals surface area contributed by atoms with Gasteiger partial charge < -0.3 is 10.1 Å². The van der Waals surface area contributed by atoms with Gasteiger partial charge in [-0.05, 0) is 31.5 Å². The predicted molar refractivity (Wildman–Crippen MR) is 86.2 cm³/mol. The number of hydrogen-bond donors (Lipinski definition) is 1. The Labute approximate surface area is 123 Å². The first kappa shape index (κ1) is 18.6. The third kappa shape index (κ3) is 7.87. The third-order valence-electron chi connectivity index (χ3n) is 2.69. The number of hydrogen-bond acceptors (Lipinski definition) is 3. The van der Waals surface area contributed by atoms with Gasteiger partial charge in [0.2, 0.25) is 0 Å². The molecule has 3 heteroatoms. The fourth-order valence-corrected chi connectivity index (χ4v) is 1.80. The van der Waals surface area contributed by atoms with Gasteiger partial charge in [0.05, 0.1) is 0 Å². The van der Waals surface area contributed by atoms with E-state index >= 15 is 0 Å². The second kappa shape index (κ2) is 12.6. The van der Waals surface area contributed by atoms with Gasteiger partial charge in [0.1, 0.15) is 6.29 Å². The molecule has 1 aliphatic heterocycles. The molecule has 2 rings (SSSR count). The van der Waals surface area contributed by atoms with Crippen molar-refractivity contribution < 1.29 is 9.53 Å². The van der Waals surface area contributed by atoms with Gasteiger partial charge >= 0.3 is 0 Å². The number of nitrogens with one attached hydrogen (secondary N) is 1. The number of piperidine rings is 1. The van der Waals surface area contributed by atoms with E-state index in [4.69, 9.17) is 0 Å². The zero-order valence-electron chi connectivity index (χ0n) is 13.1. The summed E-state index contributed by atoms with van der Waals surface area (Å²) >= 11 is 0. The molecule has 1 aromatic carbocycles. The van der Waals surface area contributed by atoms with Crippen LogP contribution in [-0.4, -0.2) is 33.6 Å². The summed E-state index contributed by atoms with van der Waals surface area (Å²) in [7, 11) is 3.25. The van der Waals surface area contributed by atoms with E-state index in [1.54, 1.807) is 14.2 Å². The minimum absolute atomic E-state index is 0.738. The van der Waals surface area contributed by atoms with Crippen molar-refractivity contribution in [3.8, 4) is 0 Å². The average molecular weight is 277 g/mol.